The molecule has 0 radical (unpaired) electrons. The number of hydrogen-bond donors (Lipinski definition) is 0. The lowest BCUT2D eigenvalue weighted by atomic mass is 9.25. The Labute approximate surface area is 358 Å². The molecule has 0 N–H and O–H groups in total. The van der Waals surface area contributed by atoms with Gasteiger partial charge < -0.3 is 18.9 Å². The molecule has 0 amide bonds. The minimum atomic E-state index is 0.0450. The molecule has 8 aliphatic rings. The highest BCUT2D eigenvalue weighted by Gasteiger charge is 2.76. The van der Waals surface area contributed by atoms with Gasteiger partial charge in [-0.05, 0) is 192 Å². The molecule has 12 rings (SSSR count). The maximum absolute atomic E-state index is 6.14. The quantitative estimate of drug-likeness (QED) is 0.0997. The molecule has 4 heteroatoms. The summed E-state index contributed by atoms with van der Waals surface area (Å²) >= 11 is 0. The molecule has 4 nitrogen and oxygen atoms in total. The highest BCUT2D eigenvalue weighted by molar-refractivity contribution is 5.49. The van der Waals surface area contributed by atoms with Crippen LogP contribution in [0.2, 0.25) is 0 Å². The van der Waals surface area contributed by atoms with Crippen LogP contribution in [0.4, 0.5) is 0 Å². The topological polar surface area (TPSA) is 36.9 Å². The van der Waals surface area contributed by atoms with Crippen molar-refractivity contribution in [1.82, 2.24) is 0 Å². The molecule has 60 heavy (non-hydrogen) atoms. The molecule has 4 atom stereocenters. The first-order chi connectivity index (χ1) is 29.4. The molecule has 8 aliphatic carbocycles. The van der Waals surface area contributed by atoms with Gasteiger partial charge in [0.25, 0.3) is 0 Å². The Morgan fingerprint density at radius 3 is 1.17 bits per heavy atom. The Hall–Kier alpha value is -4.96. The molecule has 8 saturated carbocycles. The first kappa shape index (κ1) is 39.2. The fourth-order valence-corrected chi connectivity index (χ4v) is 15.4. The van der Waals surface area contributed by atoms with Gasteiger partial charge >= 0.3 is 0 Å². The molecule has 4 aromatic carbocycles. The van der Waals surface area contributed by atoms with Crippen LogP contribution >= 0.6 is 0 Å². The minimum absolute atomic E-state index is 0.0450. The van der Waals surface area contributed by atoms with E-state index in [2.05, 4.69) is 123 Å². The maximum Gasteiger partial charge on any atom is 0.119 e. The molecule has 0 spiro atoms. The largest absolute Gasteiger partial charge is 0.490 e. The third kappa shape index (κ3) is 6.47. The van der Waals surface area contributed by atoms with Crippen LogP contribution in [0.3, 0.4) is 0 Å². The summed E-state index contributed by atoms with van der Waals surface area (Å²) in [4.78, 5) is 0. The maximum atomic E-state index is 6.14. The third-order valence-corrected chi connectivity index (χ3v) is 16.5. The first-order valence-corrected chi connectivity index (χ1v) is 22.8. The zero-order valence-electron chi connectivity index (χ0n) is 35.3. The van der Waals surface area contributed by atoms with Crippen LogP contribution < -0.4 is 18.9 Å². The van der Waals surface area contributed by atoms with Gasteiger partial charge in [0, 0.05) is 0 Å². The third-order valence-electron chi connectivity index (χ3n) is 16.5. The molecule has 0 heterocycles. The molecule has 310 valence electrons. The van der Waals surface area contributed by atoms with Gasteiger partial charge in [0.05, 0.1) is 0 Å². The predicted molar refractivity (Wildman–Crippen MR) is 242 cm³/mol. The summed E-state index contributed by atoms with van der Waals surface area (Å²) in [6.07, 6.45) is 19.3. The second kappa shape index (κ2) is 15.8. The van der Waals surface area contributed by atoms with Gasteiger partial charge in [-0.15, -0.1) is 0 Å². The minimum Gasteiger partial charge on any atom is -0.490 e. The fraction of sp³-hybridized carbons (Fsp3) is 0.429. The van der Waals surface area contributed by atoms with Crippen LogP contribution in [0.25, 0.3) is 0 Å². The molecule has 4 unspecified atom stereocenters. The molecular formula is C56H62O4. The van der Waals surface area contributed by atoms with Crippen LogP contribution in [-0.4, -0.2) is 26.4 Å². The summed E-state index contributed by atoms with van der Waals surface area (Å²) in [5.41, 5.74) is 6.31. The number of hydrogen-bond acceptors (Lipinski definition) is 4. The van der Waals surface area contributed by atoms with Gasteiger partial charge in [0.2, 0.25) is 0 Å². The van der Waals surface area contributed by atoms with Gasteiger partial charge in [0.15, 0.2) is 0 Å². The Balaban J connectivity index is 1.21. The Bertz CT molecular complexity index is 2070. The normalized spacial score (nSPS) is 34.1. The van der Waals surface area contributed by atoms with E-state index >= 15 is 0 Å². The van der Waals surface area contributed by atoms with Gasteiger partial charge in [-0.1, -0.05) is 99.2 Å². The Morgan fingerprint density at radius 2 is 0.800 bits per heavy atom. The first-order valence-electron chi connectivity index (χ1n) is 22.8. The van der Waals surface area contributed by atoms with Crippen molar-refractivity contribution in [2.75, 3.05) is 26.4 Å². The molecule has 0 aliphatic heterocycles. The van der Waals surface area contributed by atoms with E-state index < -0.39 is 0 Å². The summed E-state index contributed by atoms with van der Waals surface area (Å²) in [6, 6.07) is 37.3. The monoisotopic (exact) mass is 798 g/mol. The second-order valence-corrected chi connectivity index (χ2v) is 19.5. The molecular weight excluding hydrogens is 737 g/mol. The van der Waals surface area contributed by atoms with Crippen molar-refractivity contribution in [1.29, 1.82) is 0 Å². The van der Waals surface area contributed by atoms with Crippen LogP contribution in [0.15, 0.2) is 148 Å². The number of benzene rings is 4. The number of rotatable bonds is 17. The number of ether oxygens (including phenoxy) is 4. The second-order valence-electron chi connectivity index (χ2n) is 19.5. The van der Waals surface area contributed by atoms with Crippen LogP contribution in [-0.2, 0) is 5.41 Å². The zero-order chi connectivity index (χ0) is 40.9. The van der Waals surface area contributed by atoms with E-state index in [1.165, 1.54) is 80.0 Å². The summed E-state index contributed by atoms with van der Waals surface area (Å²) in [5, 5.41) is 0. The lowest BCUT2D eigenvalue weighted by Gasteiger charge is -2.79. The van der Waals surface area contributed by atoms with Gasteiger partial charge in [0.1, 0.15) is 49.4 Å². The average Bonchev–Trinajstić information content (AvgIpc) is 3.27. The van der Waals surface area contributed by atoms with Gasteiger partial charge in [-0.3, -0.25) is 0 Å². The summed E-state index contributed by atoms with van der Waals surface area (Å²) < 4.78 is 24.4. The van der Waals surface area contributed by atoms with E-state index in [0.717, 1.165) is 40.8 Å². The molecule has 4 aromatic rings. The van der Waals surface area contributed by atoms with Crippen molar-refractivity contribution < 1.29 is 18.9 Å². The Morgan fingerprint density at radius 1 is 0.450 bits per heavy atom. The van der Waals surface area contributed by atoms with Crippen molar-refractivity contribution in [3.05, 3.63) is 170 Å². The van der Waals surface area contributed by atoms with Gasteiger partial charge in [-0.2, -0.15) is 0 Å². The van der Waals surface area contributed by atoms with Crippen LogP contribution in [0.1, 0.15) is 97.8 Å². The fourth-order valence-electron chi connectivity index (χ4n) is 15.4. The van der Waals surface area contributed by atoms with E-state index in [1.807, 2.05) is 24.3 Å². The summed E-state index contributed by atoms with van der Waals surface area (Å²) in [7, 11) is 0. The van der Waals surface area contributed by atoms with Crippen LogP contribution in [0.5, 0.6) is 23.0 Å². The Kier molecular flexibility index (Phi) is 10.3. The highest BCUT2D eigenvalue weighted by Crippen LogP contribution is 2.85. The molecule has 8 fully saturated rings. The van der Waals surface area contributed by atoms with Gasteiger partial charge in [-0.25, -0.2) is 0 Å². The van der Waals surface area contributed by atoms with Crippen molar-refractivity contribution in [2.45, 2.75) is 81.0 Å². The summed E-state index contributed by atoms with van der Waals surface area (Å²) in [5.74, 6) is 8.22. The van der Waals surface area contributed by atoms with Crippen molar-refractivity contribution in [2.24, 2.45) is 40.4 Å². The molecule has 0 aromatic heterocycles. The van der Waals surface area contributed by atoms with Crippen LogP contribution in [0, 0.1) is 40.4 Å². The highest BCUT2D eigenvalue weighted by atomic mass is 16.5. The SMILES string of the molecule is C=CCOc1ccc(C2C3CC4(c5ccc(OCC=C)cc5)CC2C(c2ccc(OCC=C)cc2)C(C25CC6CC(CC(C6)C2)C5)(C4)C3c2ccc(OCC=C)cc2)cc1. The summed E-state index contributed by atoms with van der Waals surface area (Å²) in [6.45, 7) is 17.7. The lowest BCUT2D eigenvalue weighted by Crippen LogP contribution is -2.71. The molecule has 8 bridgehead atoms. The van der Waals surface area contributed by atoms with Crippen molar-refractivity contribution in [3.8, 4) is 23.0 Å². The van der Waals surface area contributed by atoms with E-state index in [9.17, 15) is 0 Å². The van der Waals surface area contributed by atoms with E-state index in [0.29, 0.717) is 56.0 Å². The lowest BCUT2D eigenvalue weighted by molar-refractivity contribution is -0.237. The van der Waals surface area contributed by atoms with E-state index in [4.69, 9.17) is 18.9 Å². The smallest absolute Gasteiger partial charge is 0.119 e. The average molecular weight is 799 g/mol. The standard InChI is InChI=1S/C56H62O4/c1-5-25-57-45-17-9-41(10-18-45)51-49-35-54(44-15-23-48(24-16-44)60-28-8-4)36-50(51)53(43-13-21-47(22-14-43)59-27-7-3)56(37-54,52(49)42-11-19-46(20-12-42)58-26-6-2)55-32-38-29-39(33-55)31-40(30-38)34-55/h5-24,38-40,49-53H,1-4,25-37H2. The molecule has 0 saturated heterocycles. The predicted octanol–water partition coefficient (Wildman–Crippen LogP) is 13.2. The van der Waals surface area contributed by atoms with Crippen molar-refractivity contribution >= 4 is 0 Å². The zero-order valence-corrected chi connectivity index (χ0v) is 35.3. The van der Waals surface area contributed by atoms with E-state index in [1.54, 1.807) is 0 Å². The van der Waals surface area contributed by atoms with Crippen molar-refractivity contribution in [3.63, 3.8) is 0 Å². The van der Waals surface area contributed by atoms with E-state index in [-0.39, 0.29) is 16.2 Å².